The van der Waals surface area contributed by atoms with Gasteiger partial charge in [-0.2, -0.15) is 15.0 Å². The summed E-state index contributed by atoms with van der Waals surface area (Å²) < 4.78 is 0. The third-order valence-corrected chi connectivity index (χ3v) is 2.57. The van der Waals surface area contributed by atoms with Crippen LogP contribution in [0.3, 0.4) is 0 Å². The van der Waals surface area contributed by atoms with E-state index in [0.717, 1.165) is 19.6 Å². The lowest BCUT2D eigenvalue weighted by atomic mass is 10.5. The van der Waals surface area contributed by atoms with Gasteiger partial charge < -0.3 is 20.0 Å². The fourth-order valence-corrected chi connectivity index (χ4v) is 1.41. The Labute approximate surface area is 115 Å². The molecule has 1 heterocycles. The van der Waals surface area contributed by atoms with E-state index in [0.29, 0.717) is 17.8 Å². The lowest BCUT2D eigenvalue weighted by molar-refractivity contribution is 0.415. The molecular formula is C12H25N7. The summed E-state index contributed by atoms with van der Waals surface area (Å²) in [5, 5.41) is 3.14. The van der Waals surface area contributed by atoms with Gasteiger partial charge in [-0.15, -0.1) is 0 Å². The van der Waals surface area contributed by atoms with E-state index in [1.807, 2.05) is 37.9 Å². The van der Waals surface area contributed by atoms with Crippen molar-refractivity contribution in [2.45, 2.75) is 6.92 Å². The van der Waals surface area contributed by atoms with Crippen LogP contribution in [0.4, 0.5) is 17.8 Å². The van der Waals surface area contributed by atoms with Crippen LogP contribution >= 0.6 is 0 Å². The van der Waals surface area contributed by atoms with E-state index < -0.39 is 0 Å². The summed E-state index contributed by atoms with van der Waals surface area (Å²) in [6, 6.07) is 0. The third-order valence-electron chi connectivity index (χ3n) is 2.57. The van der Waals surface area contributed by atoms with Gasteiger partial charge in [0.25, 0.3) is 0 Å². The van der Waals surface area contributed by atoms with Gasteiger partial charge in [-0.3, -0.25) is 0 Å². The van der Waals surface area contributed by atoms with E-state index in [2.05, 4.69) is 39.3 Å². The zero-order valence-corrected chi connectivity index (χ0v) is 12.8. The van der Waals surface area contributed by atoms with Crippen molar-refractivity contribution < 1.29 is 0 Å². The molecule has 0 atom stereocenters. The van der Waals surface area contributed by atoms with Gasteiger partial charge >= 0.3 is 0 Å². The molecule has 7 nitrogen and oxygen atoms in total. The molecule has 1 rings (SSSR count). The van der Waals surface area contributed by atoms with Crippen molar-refractivity contribution in [2.75, 3.05) is 70.0 Å². The Morgan fingerprint density at radius 2 is 1.53 bits per heavy atom. The third kappa shape index (κ3) is 4.86. The number of hydrogen-bond acceptors (Lipinski definition) is 7. The highest BCUT2D eigenvalue weighted by atomic mass is 15.3. The van der Waals surface area contributed by atoms with Gasteiger partial charge in [0, 0.05) is 40.8 Å². The summed E-state index contributed by atoms with van der Waals surface area (Å²) in [6.07, 6.45) is 0. The van der Waals surface area contributed by atoms with Crippen molar-refractivity contribution in [3.05, 3.63) is 0 Å². The first-order chi connectivity index (χ1) is 8.93. The molecule has 0 aliphatic rings. The van der Waals surface area contributed by atoms with Crippen LogP contribution in [0.25, 0.3) is 0 Å². The van der Waals surface area contributed by atoms with E-state index in [1.54, 1.807) is 0 Å². The van der Waals surface area contributed by atoms with Gasteiger partial charge in [-0.05, 0) is 21.0 Å². The molecule has 0 amide bonds. The fourth-order valence-electron chi connectivity index (χ4n) is 1.41. The monoisotopic (exact) mass is 267 g/mol. The van der Waals surface area contributed by atoms with Gasteiger partial charge in [0.15, 0.2) is 0 Å². The van der Waals surface area contributed by atoms with Crippen LogP contribution in [-0.4, -0.2) is 74.7 Å². The van der Waals surface area contributed by atoms with Crippen molar-refractivity contribution in [3.63, 3.8) is 0 Å². The summed E-state index contributed by atoms with van der Waals surface area (Å²) in [5.74, 6) is 1.97. The van der Waals surface area contributed by atoms with Crippen molar-refractivity contribution in [3.8, 4) is 0 Å². The average Bonchev–Trinajstić information content (AvgIpc) is 2.35. The van der Waals surface area contributed by atoms with Crippen LogP contribution in [0.1, 0.15) is 6.92 Å². The van der Waals surface area contributed by atoms with Gasteiger partial charge in [0.1, 0.15) is 0 Å². The van der Waals surface area contributed by atoms with E-state index >= 15 is 0 Å². The van der Waals surface area contributed by atoms with E-state index in [-0.39, 0.29) is 0 Å². The summed E-state index contributed by atoms with van der Waals surface area (Å²) >= 11 is 0. The van der Waals surface area contributed by atoms with Gasteiger partial charge in [-0.25, -0.2) is 0 Å². The number of anilines is 3. The molecule has 0 radical (unpaired) electrons. The smallest absolute Gasteiger partial charge is 0.231 e. The number of aromatic nitrogens is 3. The van der Waals surface area contributed by atoms with Crippen LogP contribution in [-0.2, 0) is 0 Å². The Hall–Kier alpha value is -1.63. The van der Waals surface area contributed by atoms with E-state index in [4.69, 9.17) is 0 Å². The maximum Gasteiger partial charge on any atom is 0.231 e. The molecular weight excluding hydrogens is 242 g/mol. The summed E-state index contributed by atoms with van der Waals surface area (Å²) in [4.78, 5) is 19.3. The average molecular weight is 267 g/mol. The fraction of sp³-hybridized carbons (Fsp3) is 0.750. The normalized spacial score (nSPS) is 10.7. The topological polar surface area (TPSA) is 60.4 Å². The molecule has 0 fully saturated rings. The first-order valence-electron chi connectivity index (χ1n) is 6.47. The van der Waals surface area contributed by atoms with Gasteiger partial charge in [0.2, 0.25) is 17.8 Å². The molecule has 0 aliphatic heterocycles. The van der Waals surface area contributed by atoms with Crippen LogP contribution < -0.4 is 15.1 Å². The Morgan fingerprint density at radius 3 is 2.05 bits per heavy atom. The predicted molar refractivity (Wildman–Crippen MR) is 80.1 cm³/mol. The Kier molecular flexibility index (Phi) is 5.75. The van der Waals surface area contributed by atoms with E-state index in [1.165, 1.54) is 0 Å². The highest BCUT2D eigenvalue weighted by molar-refractivity contribution is 5.44. The van der Waals surface area contributed by atoms with Crippen LogP contribution in [0, 0.1) is 0 Å². The molecule has 108 valence electrons. The predicted octanol–water partition coefficient (Wildman–Crippen LogP) is 0.367. The number of hydrogen-bond donors (Lipinski definition) is 1. The molecule has 0 aliphatic carbocycles. The second-order valence-electron chi connectivity index (χ2n) is 4.91. The summed E-state index contributed by atoms with van der Waals surface area (Å²) in [6.45, 7) is 4.64. The second kappa shape index (κ2) is 7.08. The molecule has 1 N–H and O–H groups in total. The first kappa shape index (κ1) is 15.4. The second-order valence-corrected chi connectivity index (χ2v) is 4.91. The molecule has 1 aromatic rings. The first-order valence-corrected chi connectivity index (χ1v) is 6.47. The van der Waals surface area contributed by atoms with Gasteiger partial charge in [-0.1, -0.05) is 0 Å². The minimum absolute atomic E-state index is 0.618. The molecule has 0 saturated carbocycles. The number of nitrogens with one attached hydrogen (secondary N) is 1. The SMILES string of the molecule is CCNc1nc(N(C)C)nc(N(C)CCN(C)C)n1. The quantitative estimate of drug-likeness (QED) is 0.765. The van der Waals surface area contributed by atoms with Crippen molar-refractivity contribution in [2.24, 2.45) is 0 Å². The maximum atomic E-state index is 4.46. The molecule has 0 saturated heterocycles. The number of nitrogens with zero attached hydrogens (tertiary/aromatic N) is 6. The summed E-state index contributed by atoms with van der Waals surface area (Å²) in [7, 11) is 9.95. The molecule has 7 heteroatoms. The Balaban J connectivity index is 2.91. The minimum atomic E-state index is 0.618. The number of rotatable bonds is 7. The van der Waals surface area contributed by atoms with Crippen molar-refractivity contribution >= 4 is 17.8 Å². The molecule has 19 heavy (non-hydrogen) atoms. The highest BCUT2D eigenvalue weighted by Gasteiger charge is 2.11. The Morgan fingerprint density at radius 1 is 0.895 bits per heavy atom. The molecule has 0 bridgehead atoms. The largest absolute Gasteiger partial charge is 0.354 e. The molecule has 0 spiro atoms. The van der Waals surface area contributed by atoms with Gasteiger partial charge in [0.05, 0.1) is 0 Å². The zero-order valence-electron chi connectivity index (χ0n) is 12.8. The maximum absolute atomic E-state index is 4.46. The molecule has 0 unspecified atom stereocenters. The zero-order chi connectivity index (χ0) is 14.4. The lowest BCUT2D eigenvalue weighted by Gasteiger charge is -2.21. The molecule has 0 aromatic carbocycles. The summed E-state index contributed by atoms with van der Waals surface area (Å²) in [5.41, 5.74) is 0. The molecule has 1 aromatic heterocycles. The standard InChI is InChI=1S/C12H25N7/c1-7-13-10-14-11(18(4)5)16-12(15-10)19(6)9-8-17(2)3/h7-9H2,1-6H3,(H,13,14,15,16). The minimum Gasteiger partial charge on any atom is -0.354 e. The van der Waals surface area contributed by atoms with Crippen molar-refractivity contribution in [1.29, 1.82) is 0 Å². The van der Waals surface area contributed by atoms with E-state index in [9.17, 15) is 0 Å². The number of likely N-dealkylation sites (N-methyl/N-ethyl adjacent to an activating group) is 2. The Bertz CT molecular complexity index is 392. The van der Waals surface area contributed by atoms with Crippen molar-refractivity contribution in [1.82, 2.24) is 19.9 Å². The van der Waals surface area contributed by atoms with Crippen LogP contribution in [0.15, 0.2) is 0 Å². The highest BCUT2D eigenvalue weighted by Crippen LogP contribution is 2.13. The van der Waals surface area contributed by atoms with Crippen LogP contribution in [0.2, 0.25) is 0 Å². The lowest BCUT2D eigenvalue weighted by Crippen LogP contribution is -2.30. The van der Waals surface area contributed by atoms with Crippen LogP contribution in [0.5, 0.6) is 0 Å².